The van der Waals surface area contributed by atoms with E-state index in [9.17, 15) is 4.79 Å². The van der Waals surface area contributed by atoms with Gasteiger partial charge in [-0.15, -0.1) is 0 Å². The fourth-order valence-corrected chi connectivity index (χ4v) is 3.84. The van der Waals surface area contributed by atoms with Gasteiger partial charge >= 0.3 is 0 Å². The molecule has 6 heteroatoms. The van der Waals surface area contributed by atoms with Crippen molar-refractivity contribution in [1.82, 2.24) is 0 Å². The van der Waals surface area contributed by atoms with Crippen LogP contribution in [0.5, 0.6) is 11.5 Å². The summed E-state index contributed by atoms with van der Waals surface area (Å²) in [6.07, 6.45) is 2.64. The van der Waals surface area contributed by atoms with Crippen LogP contribution < -0.4 is 14.5 Å². The predicted molar refractivity (Wildman–Crippen MR) is 131 cm³/mol. The quantitative estimate of drug-likeness (QED) is 0.388. The Morgan fingerprint density at radius 3 is 2.56 bits per heavy atom. The molecule has 0 fully saturated rings. The van der Waals surface area contributed by atoms with Crippen LogP contribution in [0.2, 0.25) is 0 Å². The molecule has 0 spiro atoms. The van der Waals surface area contributed by atoms with E-state index in [1.807, 2.05) is 73.7 Å². The van der Waals surface area contributed by atoms with Crippen molar-refractivity contribution in [1.29, 1.82) is 0 Å². The SMILES string of the molecule is COc1cc(/C=C2/C(=O)N(c3cccc(Br)c3)N=C2C)ccc1OCCc1ccccc1. The summed E-state index contributed by atoms with van der Waals surface area (Å²) in [7, 11) is 1.61. The van der Waals surface area contributed by atoms with Gasteiger partial charge in [0.05, 0.1) is 30.7 Å². The first-order valence-corrected chi connectivity index (χ1v) is 11.1. The topological polar surface area (TPSA) is 51.1 Å². The third-order valence-corrected chi connectivity index (χ3v) is 5.60. The molecule has 0 saturated carbocycles. The lowest BCUT2D eigenvalue weighted by Gasteiger charge is -2.12. The molecule has 3 aromatic carbocycles. The second-order valence-electron chi connectivity index (χ2n) is 7.33. The van der Waals surface area contributed by atoms with Crippen LogP contribution in [-0.4, -0.2) is 25.3 Å². The number of nitrogens with zero attached hydrogens (tertiary/aromatic N) is 2. The van der Waals surface area contributed by atoms with Gasteiger partial charge in [0.25, 0.3) is 5.91 Å². The first-order chi connectivity index (χ1) is 15.5. The van der Waals surface area contributed by atoms with E-state index < -0.39 is 0 Å². The van der Waals surface area contributed by atoms with Crippen LogP contribution in [0.15, 0.2) is 87.9 Å². The Morgan fingerprint density at radius 1 is 1.00 bits per heavy atom. The molecule has 5 nitrogen and oxygen atoms in total. The normalized spacial score (nSPS) is 14.6. The van der Waals surface area contributed by atoms with Crippen molar-refractivity contribution in [3.63, 3.8) is 0 Å². The maximum absolute atomic E-state index is 13.0. The van der Waals surface area contributed by atoms with Crippen LogP contribution in [0.1, 0.15) is 18.1 Å². The molecule has 32 heavy (non-hydrogen) atoms. The molecule has 0 radical (unpaired) electrons. The van der Waals surface area contributed by atoms with E-state index in [1.165, 1.54) is 10.6 Å². The van der Waals surface area contributed by atoms with E-state index in [4.69, 9.17) is 9.47 Å². The lowest BCUT2D eigenvalue weighted by atomic mass is 10.1. The van der Waals surface area contributed by atoms with E-state index >= 15 is 0 Å². The standard InChI is InChI=1S/C26H23BrN2O3/c1-18-23(26(30)29(28-18)22-10-6-9-21(27)17-22)15-20-11-12-24(25(16-20)31-2)32-14-13-19-7-4-3-5-8-19/h3-12,15-17H,13-14H2,1-2H3/b23-15+. The van der Waals surface area contributed by atoms with Crippen LogP contribution >= 0.6 is 15.9 Å². The zero-order chi connectivity index (χ0) is 22.5. The summed E-state index contributed by atoms with van der Waals surface area (Å²) in [4.78, 5) is 13.0. The van der Waals surface area contributed by atoms with Gasteiger partial charge in [-0.05, 0) is 54.5 Å². The minimum Gasteiger partial charge on any atom is -0.493 e. The van der Waals surface area contributed by atoms with Crippen LogP contribution in [-0.2, 0) is 11.2 Å². The minimum atomic E-state index is -0.164. The molecule has 0 unspecified atom stereocenters. The summed E-state index contributed by atoms with van der Waals surface area (Å²) < 4.78 is 12.4. The molecule has 0 aliphatic carbocycles. The average molecular weight is 491 g/mol. The molecule has 0 saturated heterocycles. The predicted octanol–water partition coefficient (Wildman–Crippen LogP) is 5.89. The molecule has 4 rings (SSSR count). The molecular formula is C26H23BrN2O3. The molecule has 0 N–H and O–H groups in total. The number of hydrogen-bond acceptors (Lipinski definition) is 4. The van der Waals surface area contributed by atoms with Gasteiger partial charge in [-0.1, -0.05) is 58.4 Å². The maximum Gasteiger partial charge on any atom is 0.280 e. The Kier molecular flexibility index (Phi) is 6.71. The lowest BCUT2D eigenvalue weighted by molar-refractivity contribution is -0.114. The van der Waals surface area contributed by atoms with Gasteiger partial charge in [-0.3, -0.25) is 4.79 Å². The second-order valence-corrected chi connectivity index (χ2v) is 8.25. The Hall–Kier alpha value is -3.38. The second kappa shape index (κ2) is 9.83. The number of benzene rings is 3. The fourth-order valence-electron chi connectivity index (χ4n) is 3.45. The van der Waals surface area contributed by atoms with E-state index in [0.29, 0.717) is 35.1 Å². The maximum atomic E-state index is 13.0. The third-order valence-electron chi connectivity index (χ3n) is 5.11. The number of ether oxygens (including phenoxy) is 2. The molecule has 1 aliphatic rings. The Balaban J connectivity index is 1.50. The molecule has 3 aromatic rings. The zero-order valence-corrected chi connectivity index (χ0v) is 19.5. The number of halogens is 1. The van der Waals surface area contributed by atoms with Gasteiger partial charge in [0.2, 0.25) is 0 Å². The number of rotatable bonds is 7. The zero-order valence-electron chi connectivity index (χ0n) is 17.9. The number of methoxy groups -OCH3 is 1. The molecule has 0 bridgehead atoms. The van der Waals surface area contributed by atoms with Crippen molar-refractivity contribution in [2.24, 2.45) is 5.10 Å². The molecule has 1 aliphatic heterocycles. The van der Waals surface area contributed by atoms with Gasteiger partial charge in [-0.25, -0.2) is 0 Å². The van der Waals surface area contributed by atoms with E-state index in [2.05, 4.69) is 33.2 Å². The number of hydrazone groups is 1. The van der Waals surface area contributed by atoms with Gasteiger partial charge in [0, 0.05) is 10.9 Å². The van der Waals surface area contributed by atoms with Crippen molar-refractivity contribution >= 4 is 39.3 Å². The number of anilines is 1. The number of carbonyl (C=O) groups is 1. The van der Waals surface area contributed by atoms with Crippen molar-refractivity contribution in [2.75, 3.05) is 18.7 Å². The van der Waals surface area contributed by atoms with E-state index in [0.717, 1.165) is 16.5 Å². The number of hydrogen-bond donors (Lipinski definition) is 0. The molecule has 162 valence electrons. The summed E-state index contributed by atoms with van der Waals surface area (Å²) in [5.74, 6) is 1.13. The Labute approximate surface area is 196 Å². The van der Waals surface area contributed by atoms with Crippen molar-refractivity contribution < 1.29 is 14.3 Å². The van der Waals surface area contributed by atoms with Crippen molar-refractivity contribution in [2.45, 2.75) is 13.3 Å². The van der Waals surface area contributed by atoms with Crippen LogP contribution in [0, 0.1) is 0 Å². The summed E-state index contributed by atoms with van der Waals surface area (Å²) in [6.45, 7) is 2.38. The third kappa shape index (κ3) is 4.92. The summed E-state index contributed by atoms with van der Waals surface area (Å²) in [5.41, 5.74) is 3.98. The lowest BCUT2D eigenvalue weighted by Crippen LogP contribution is -2.21. The molecule has 1 amide bonds. The number of amides is 1. The molecule has 1 heterocycles. The number of carbonyl (C=O) groups excluding carboxylic acids is 1. The first-order valence-electron chi connectivity index (χ1n) is 10.3. The largest absolute Gasteiger partial charge is 0.493 e. The summed E-state index contributed by atoms with van der Waals surface area (Å²) >= 11 is 3.44. The minimum absolute atomic E-state index is 0.164. The molecule has 0 atom stereocenters. The highest BCUT2D eigenvalue weighted by Crippen LogP contribution is 2.31. The van der Waals surface area contributed by atoms with E-state index in [-0.39, 0.29) is 5.91 Å². The molecular weight excluding hydrogens is 468 g/mol. The van der Waals surface area contributed by atoms with Gasteiger partial charge in [0.15, 0.2) is 11.5 Å². The van der Waals surface area contributed by atoms with Crippen molar-refractivity contribution in [3.05, 3.63) is 94.0 Å². The van der Waals surface area contributed by atoms with Crippen molar-refractivity contribution in [3.8, 4) is 11.5 Å². The summed E-state index contributed by atoms with van der Waals surface area (Å²) in [6, 6.07) is 23.4. The van der Waals surface area contributed by atoms with Crippen LogP contribution in [0.25, 0.3) is 6.08 Å². The highest BCUT2D eigenvalue weighted by molar-refractivity contribution is 9.10. The first kappa shape index (κ1) is 21.8. The molecule has 0 aromatic heterocycles. The monoisotopic (exact) mass is 490 g/mol. The average Bonchev–Trinajstić information content (AvgIpc) is 3.09. The van der Waals surface area contributed by atoms with Crippen LogP contribution in [0.3, 0.4) is 0 Å². The fraction of sp³-hybridized carbons (Fsp3) is 0.154. The Morgan fingerprint density at radius 2 is 1.81 bits per heavy atom. The highest BCUT2D eigenvalue weighted by Gasteiger charge is 2.28. The van der Waals surface area contributed by atoms with Gasteiger partial charge in [-0.2, -0.15) is 10.1 Å². The van der Waals surface area contributed by atoms with E-state index in [1.54, 1.807) is 7.11 Å². The highest BCUT2D eigenvalue weighted by atomic mass is 79.9. The van der Waals surface area contributed by atoms with Gasteiger partial charge < -0.3 is 9.47 Å². The summed E-state index contributed by atoms with van der Waals surface area (Å²) in [5, 5.41) is 5.86. The van der Waals surface area contributed by atoms with Gasteiger partial charge in [0.1, 0.15) is 0 Å². The Bertz CT molecular complexity index is 1190. The van der Waals surface area contributed by atoms with Crippen LogP contribution in [0.4, 0.5) is 5.69 Å². The smallest absolute Gasteiger partial charge is 0.280 e.